The van der Waals surface area contributed by atoms with E-state index in [1.807, 2.05) is 0 Å². The van der Waals surface area contributed by atoms with Crippen LogP contribution in [0.2, 0.25) is 0 Å². The summed E-state index contributed by atoms with van der Waals surface area (Å²) < 4.78 is 0. The van der Waals surface area contributed by atoms with Gasteiger partial charge in [-0.05, 0) is 37.7 Å². The summed E-state index contributed by atoms with van der Waals surface area (Å²) in [6.07, 6.45) is 5.73. The molecule has 1 aromatic rings. The Bertz CT molecular complexity index is 500. The van der Waals surface area contributed by atoms with Crippen molar-refractivity contribution in [3.05, 3.63) is 35.4 Å². The van der Waals surface area contributed by atoms with Gasteiger partial charge < -0.3 is 5.11 Å². The van der Waals surface area contributed by atoms with Gasteiger partial charge in [-0.25, -0.2) is 0 Å². The molecule has 3 heteroatoms. The minimum Gasteiger partial charge on any atom is -0.480 e. The van der Waals surface area contributed by atoms with Crippen molar-refractivity contribution in [1.82, 2.24) is 4.90 Å². The monoisotopic (exact) mass is 273 g/mol. The van der Waals surface area contributed by atoms with E-state index in [1.165, 1.54) is 36.8 Å². The maximum atomic E-state index is 11.6. The lowest BCUT2D eigenvalue weighted by molar-refractivity contribution is -0.142. The molecule has 1 aromatic carbocycles. The molecule has 1 heterocycles. The molecule has 0 bridgehead atoms. The highest BCUT2D eigenvalue weighted by Crippen LogP contribution is 2.40. The quantitative estimate of drug-likeness (QED) is 0.919. The summed E-state index contributed by atoms with van der Waals surface area (Å²) >= 11 is 0. The van der Waals surface area contributed by atoms with Gasteiger partial charge in [0, 0.05) is 12.6 Å². The van der Waals surface area contributed by atoms with Crippen LogP contribution in [0.1, 0.15) is 43.2 Å². The molecular formula is C17H23NO2. The minimum atomic E-state index is -0.646. The molecule has 1 saturated heterocycles. The van der Waals surface area contributed by atoms with Crippen LogP contribution >= 0.6 is 0 Å². The molecule has 20 heavy (non-hydrogen) atoms. The van der Waals surface area contributed by atoms with Crippen molar-refractivity contribution in [2.75, 3.05) is 0 Å². The molecule has 3 atom stereocenters. The minimum absolute atomic E-state index is 0.288. The van der Waals surface area contributed by atoms with Crippen molar-refractivity contribution in [3.63, 3.8) is 0 Å². The molecule has 3 rings (SSSR count). The van der Waals surface area contributed by atoms with Crippen LogP contribution in [0, 0.1) is 12.8 Å². The molecular weight excluding hydrogens is 250 g/mol. The topological polar surface area (TPSA) is 40.5 Å². The highest BCUT2D eigenvalue weighted by molar-refractivity contribution is 5.74. The Balaban J connectivity index is 1.82. The molecule has 0 spiro atoms. The van der Waals surface area contributed by atoms with Gasteiger partial charge in [-0.2, -0.15) is 0 Å². The number of benzene rings is 1. The van der Waals surface area contributed by atoms with Crippen LogP contribution < -0.4 is 0 Å². The Morgan fingerprint density at radius 2 is 2.15 bits per heavy atom. The first-order valence-electron chi connectivity index (χ1n) is 7.69. The van der Waals surface area contributed by atoms with Crippen LogP contribution in [-0.2, 0) is 11.3 Å². The number of nitrogens with zero attached hydrogens (tertiary/aromatic N) is 1. The summed E-state index contributed by atoms with van der Waals surface area (Å²) in [5.41, 5.74) is 2.48. The van der Waals surface area contributed by atoms with Gasteiger partial charge in [-0.3, -0.25) is 9.69 Å². The molecule has 1 aliphatic carbocycles. The first-order valence-corrected chi connectivity index (χ1v) is 7.69. The van der Waals surface area contributed by atoms with E-state index >= 15 is 0 Å². The van der Waals surface area contributed by atoms with Gasteiger partial charge in [-0.1, -0.05) is 42.7 Å². The maximum Gasteiger partial charge on any atom is 0.320 e. The molecule has 0 radical (unpaired) electrons. The first kappa shape index (κ1) is 13.6. The number of hydrogen-bond acceptors (Lipinski definition) is 2. The Kier molecular flexibility index (Phi) is 3.79. The van der Waals surface area contributed by atoms with Crippen LogP contribution in [-0.4, -0.2) is 28.1 Å². The number of hydrogen-bond donors (Lipinski definition) is 1. The lowest BCUT2D eigenvalue weighted by Gasteiger charge is -2.33. The molecule has 2 fully saturated rings. The summed E-state index contributed by atoms with van der Waals surface area (Å²) in [5, 5.41) is 9.52. The van der Waals surface area contributed by atoms with E-state index in [2.05, 4.69) is 36.1 Å². The van der Waals surface area contributed by atoms with Gasteiger partial charge in [-0.15, -0.1) is 0 Å². The van der Waals surface area contributed by atoms with E-state index < -0.39 is 5.97 Å². The fourth-order valence-electron chi connectivity index (χ4n) is 4.04. The average molecular weight is 273 g/mol. The van der Waals surface area contributed by atoms with Crippen LogP contribution in [0.4, 0.5) is 0 Å². The van der Waals surface area contributed by atoms with Gasteiger partial charge in [0.25, 0.3) is 0 Å². The molecule has 0 amide bonds. The summed E-state index contributed by atoms with van der Waals surface area (Å²) in [6, 6.07) is 8.63. The number of carboxylic acid groups (broad SMARTS) is 1. The number of likely N-dealkylation sites (tertiary alicyclic amines) is 1. The van der Waals surface area contributed by atoms with Crippen LogP contribution in [0.3, 0.4) is 0 Å². The largest absolute Gasteiger partial charge is 0.480 e. The zero-order valence-electron chi connectivity index (χ0n) is 12.1. The third-order valence-electron chi connectivity index (χ3n) is 4.95. The molecule has 0 aromatic heterocycles. The standard InChI is InChI=1S/C17H23NO2/c1-12-5-4-6-13(9-12)11-18-15-8-3-2-7-14(15)10-16(18)17(19)20/h4-6,9,14-16H,2-3,7-8,10-11H2,1H3,(H,19,20). The number of aryl methyl sites for hydroxylation is 1. The SMILES string of the molecule is Cc1cccc(CN2C(C(=O)O)CC3CCCCC32)c1. The normalized spacial score (nSPS) is 30.1. The summed E-state index contributed by atoms with van der Waals surface area (Å²) in [4.78, 5) is 13.8. The van der Waals surface area contributed by atoms with Gasteiger partial charge in [0.05, 0.1) is 0 Å². The summed E-state index contributed by atoms with van der Waals surface area (Å²) in [5.74, 6) is -0.0540. The third-order valence-corrected chi connectivity index (χ3v) is 4.95. The maximum absolute atomic E-state index is 11.6. The lowest BCUT2D eigenvalue weighted by Crippen LogP contribution is -2.41. The third kappa shape index (κ3) is 2.59. The Morgan fingerprint density at radius 1 is 1.35 bits per heavy atom. The highest BCUT2D eigenvalue weighted by atomic mass is 16.4. The second kappa shape index (κ2) is 5.57. The molecule has 108 valence electrons. The van der Waals surface area contributed by atoms with Gasteiger partial charge in [0.15, 0.2) is 0 Å². The zero-order chi connectivity index (χ0) is 14.1. The van der Waals surface area contributed by atoms with Crippen molar-refractivity contribution in [2.45, 2.75) is 57.7 Å². The van der Waals surface area contributed by atoms with E-state index in [0.717, 1.165) is 13.0 Å². The average Bonchev–Trinajstić information content (AvgIpc) is 2.78. The van der Waals surface area contributed by atoms with Crippen molar-refractivity contribution >= 4 is 5.97 Å². The van der Waals surface area contributed by atoms with Crippen molar-refractivity contribution in [2.24, 2.45) is 5.92 Å². The van der Waals surface area contributed by atoms with E-state index in [4.69, 9.17) is 0 Å². The van der Waals surface area contributed by atoms with Crippen LogP contribution in [0.25, 0.3) is 0 Å². The molecule has 3 nitrogen and oxygen atoms in total. The predicted octanol–water partition coefficient (Wildman–Crippen LogP) is 3.21. The Hall–Kier alpha value is -1.35. The zero-order valence-corrected chi connectivity index (χ0v) is 12.1. The van der Waals surface area contributed by atoms with E-state index in [-0.39, 0.29) is 6.04 Å². The molecule has 1 aliphatic heterocycles. The predicted molar refractivity (Wildman–Crippen MR) is 78.5 cm³/mol. The second-order valence-electron chi connectivity index (χ2n) is 6.36. The first-order chi connectivity index (χ1) is 9.65. The Morgan fingerprint density at radius 3 is 2.90 bits per heavy atom. The van der Waals surface area contributed by atoms with Gasteiger partial charge in [0.2, 0.25) is 0 Å². The number of carbonyl (C=O) groups is 1. The highest BCUT2D eigenvalue weighted by Gasteiger charge is 2.44. The Labute approximate surface area is 120 Å². The van der Waals surface area contributed by atoms with Crippen molar-refractivity contribution < 1.29 is 9.90 Å². The van der Waals surface area contributed by atoms with Crippen LogP contribution in [0.15, 0.2) is 24.3 Å². The van der Waals surface area contributed by atoms with E-state index in [0.29, 0.717) is 12.0 Å². The van der Waals surface area contributed by atoms with Gasteiger partial charge in [0.1, 0.15) is 6.04 Å². The molecule has 1 saturated carbocycles. The summed E-state index contributed by atoms with van der Waals surface area (Å²) in [6.45, 7) is 2.87. The lowest BCUT2D eigenvalue weighted by atomic mass is 9.84. The van der Waals surface area contributed by atoms with Crippen LogP contribution in [0.5, 0.6) is 0 Å². The number of rotatable bonds is 3. The van der Waals surface area contributed by atoms with Gasteiger partial charge >= 0.3 is 5.97 Å². The smallest absolute Gasteiger partial charge is 0.320 e. The molecule has 2 aliphatic rings. The fraction of sp³-hybridized carbons (Fsp3) is 0.588. The molecule has 1 N–H and O–H groups in total. The number of fused-ring (bicyclic) bond motifs is 1. The number of aliphatic carboxylic acids is 1. The molecule has 3 unspecified atom stereocenters. The van der Waals surface area contributed by atoms with Crippen molar-refractivity contribution in [1.29, 1.82) is 0 Å². The number of carboxylic acids is 1. The van der Waals surface area contributed by atoms with E-state index in [1.54, 1.807) is 0 Å². The van der Waals surface area contributed by atoms with Crippen molar-refractivity contribution in [3.8, 4) is 0 Å². The second-order valence-corrected chi connectivity index (χ2v) is 6.36. The summed E-state index contributed by atoms with van der Waals surface area (Å²) in [7, 11) is 0. The van der Waals surface area contributed by atoms with E-state index in [9.17, 15) is 9.90 Å². The fourth-order valence-corrected chi connectivity index (χ4v) is 4.04.